The normalized spacial score (nSPS) is 14.4. The fourth-order valence-electron chi connectivity index (χ4n) is 3.86. The van der Waals surface area contributed by atoms with Gasteiger partial charge < -0.3 is 4.57 Å². The summed E-state index contributed by atoms with van der Waals surface area (Å²) >= 11 is 0. The third-order valence-corrected chi connectivity index (χ3v) is 4.68. The van der Waals surface area contributed by atoms with Gasteiger partial charge >= 0.3 is 0 Å². The highest BCUT2D eigenvalue weighted by Gasteiger charge is 2.18. The first-order chi connectivity index (χ1) is 9.93. The van der Waals surface area contributed by atoms with Gasteiger partial charge in [0.1, 0.15) is 0 Å². The van der Waals surface area contributed by atoms with E-state index in [1.807, 2.05) is 0 Å². The number of hydrogen-bond acceptors (Lipinski definition) is 0. The highest BCUT2D eigenvalue weighted by molar-refractivity contribution is 6.21. The molecular weight excluding hydrogens is 242 g/mol. The number of hydrogen-bond donors (Lipinski definition) is 0. The molecule has 0 spiro atoms. The van der Waals surface area contributed by atoms with Crippen LogP contribution in [0.25, 0.3) is 32.6 Å². The predicted molar refractivity (Wildman–Crippen MR) is 85.3 cm³/mol. The Morgan fingerprint density at radius 2 is 1.70 bits per heavy atom. The number of aryl methyl sites for hydroxylation is 2. The quantitative estimate of drug-likeness (QED) is 0.422. The summed E-state index contributed by atoms with van der Waals surface area (Å²) in [5.74, 6) is 0. The van der Waals surface area contributed by atoms with Crippen molar-refractivity contribution >= 4 is 32.6 Å². The van der Waals surface area contributed by atoms with Crippen molar-refractivity contribution in [3.63, 3.8) is 0 Å². The molecule has 96 valence electrons. The largest absolute Gasteiger partial charge is 0.340 e. The van der Waals surface area contributed by atoms with Crippen molar-refractivity contribution in [3.05, 3.63) is 60.2 Å². The Balaban J connectivity index is 2.15. The van der Waals surface area contributed by atoms with Gasteiger partial charge in [0.15, 0.2) is 0 Å². The van der Waals surface area contributed by atoms with Gasteiger partial charge in [-0.2, -0.15) is 0 Å². The van der Waals surface area contributed by atoms with Gasteiger partial charge in [0, 0.05) is 22.8 Å². The number of fused-ring (bicyclic) bond motifs is 5. The van der Waals surface area contributed by atoms with E-state index in [4.69, 9.17) is 0 Å². The van der Waals surface area contributed by atoms with Crippen LogP contribution in [0.5, 0.6) is 0 Å². The summed E-state index contributed by atoms with van der Waals surface area (Å²) in [5.41, 5.74) is 4.37. The van der Waals surface area contributed by atoms with Gasteiger partial charge in [-0.3, -0.25) is 0 Å². The number of rotatable bonds is 0. The van der Waals surface area contributed by atoms with Crippen molar-refractivity contribution in [1.82, 2.24) is 4.57 Å². The zero-order chi connectivity index (χ0) is 13.1. The highest BCUT2D eigenvalue weighted by Crippen LogP contribution is 2.38. The van der Waals surface area contributed by atoms with Crippen molar-refractivity contribution < 1.29 is 0 Å². The second kappa shape index (κ2) is 3.63. The zero-order valence-electron chi connectivity index (χ0n) is 11.3. The van der Waals surface area contributed by atoms with Crippen molar-refractivity contribution in [2.75, 3.05) is 0 Å². The molecule has 4 aromatic rings. The van der Waals surface area contributed by atoms with Crippen molar-refractivity contribution in [2.24, 2.45) is 0 Å². The molecule has 0 saturated heterocycles. The number of nitrogens with zero attached hydrogens (tertiary/aromatic N) is 1. The van der Waals surface area contributed by atoms with E-state index in [1.54, 1.807) is 0 Å². The van der Waals surface area contributed by atoms with Crippen molar-refractivity contribution in [3.8, 4) is 0 Å². The van der Waals surface area contributed by atoms with Gasteiger partial charge in [-0.25, -0.2) is 0 Å². The molecule has 0 aliphatic carbocycles. The number of benzene rings is 3. The predicted octanol–water partition coefficient (Wildman–Crippen LogP) is 4.89. The maximum absolute atomic E-state index is 2.52. The summed E-state index contributed by atoms with van der Waals surface area (Å²) in [4.78, 5) is 0. The fraction of sp³-hybridized carbons (Fsp3) is 0.158. The second-order valence-corrected chi connectivity index (χ2v) is 5.75. The summed E-state index contributed by atoms with van der Waals surface area (Å²) in [6.07, 6.45) is 2.47. The molecule has 1 aliphatic heterocycles. The second-order valence-electron chi connectivity index (χ2n) is 5.75. The lowest BCUT2D eigenvalue weighted by molar-refractivity contribution is 0.651. The minimum atomic E-state index is 1.15. The summed E-state index contributed by atoms with van der Waals surface area (Å²) in [7, 11) is 0. The molecule has 3 aromatic carbocycles. The molecule has 0 bridgehead atoms. The molecule has 0 radical (unpaired) electrons. The molecule has 0 unspecified atom stereocenters. The van der Waals surface area contributed by atoms with Crippen molar-refractivity contribution in [1.29, 1.82) is 0 Å². The monoisotopic (exact) mass is 257 g/mol. The lowest BCUT2D eigenvalue weighted by Crippen LogP contribution is -2.06. The van der Waals surface area contributed by atoms with E-state index < -0.39 is 0 Å². The first kappa shape index (κ1) is 10.5. The Hall–Kier alpha value is -2.28. The van der Waals surface area contributed by atoms with Gasteiger partial charge in [0.2, 0.25) is 0 Å². The van der Waals surface area contributed by atoms with E-state index in [0.29, 0.717) is 0 Å². The first-order valence-electron chi connectivity index (χ1n) is 7.35. The molecule has 0 amide bonds. The fourth-order valence-corrected chi connectivity index (χ4v) is 3.86. The maximum atomic E-state index is 2.52. The molecule has 0 fully saturated rings. The molecule has 1 nitrogen and oxygen atoms in total. The van der Waals surface area contributed by atoms with Gasteiger partial charge in [-0.05, 0) is 35.2 Å². The van der Waals surface area contributed by atoms with Crippen LogP contribution in [0, 0.1) is 0 Å². The summed E-state index contributed by atoms with van der Waals surface area (Å²) in [6, 6.07) is 20.1. The minimum Gasteiger partial charge on any atom is -0.340 e. The standard InChI is InChI=1S/C19H15N/c1-2-8-15-13(5-1)10-11-17-18(15)16-9-3-6-14-7-4-12-20(17)19(14)16/h1-3,5-6,8-11H,4,7,12H2. The van der Waals surface area contributed by atoms with Crippen LogP contribution in [0.3, 0.4) is 0 Å². The summed E-state index contributed by atoms with van der Waals surface area (Å²) in [6.45, 7) is 1.15. The summed E-state index contributed by atoms with van der Waals surface area (Å²) < 4.78 is 2.52. The Bertz CT molecular complexity index is 975. The Morgan fingerprint density at radius 3 is 2.70 bits per heavy atom. The Morgan fingerprint density at radius 1 is 0.800 bits per heavy atom. The maximum Gasteiger partial charge on any atom is 0.0524 e. The van der Waals surface area contributed by atoms with Gasteiger partial charge in [-0.1, -0.05) is 48.5 Å². The lowest BCUT2D eigenvalue weighted by atomic mass is 10.0. The van der Waals surface area contributed by atoms with Gasteiger partial charge in [-0.15, -0.1) is 0 Å². The average molecular weight is 257 g/mol. The molecule has 0 N–H and O–H groups in total. The highest BCUT2D eigenvalue weighted by atomic mass is 15.0. The van der Waals surface area contributed by atoms with Gasteiger partial charge in [0.25, 0.3) is 0 Å². The van der Waals surface area contributed by atoms with Crippen LogP contribution in [0.4, 0.5) is 0 Å². The molecule has 20 heavy (non-hydrogen) atoms. The number of para-hydroxylation sites is 1. The van der Waals surface area contributed by atoms with Crippen LogP contribution in [-0.2, 0) is 13.0 Å². The third kappa shape index (κ3) is 1.18. The minimum absolute atomic E-state index is 1.15. The van der Waals surface area contributed by atoms with E-state index in [2.05, 4.69) is 59.2 Å². The smallest absolute Gasteiger partial charge is 0.0524 e. The average Bonchev–Trinajstić information content (AvgIpc) is 2.85. The van der Waals surface area contributed by atoms with E-state index >= 15 is 0 Å². The van der Waals surface area contributed by atoms with Crippen LogP contribution >= 0.6 is 0 Å². The topological polar surface area (TPSA) is 4.93 Å². The van der Waals surface area contributed by atoms with Crippen molar-refractivity contribution in [2.45, 2.75) is 19.4 Å². The SMILES string of the molecule is c1ccc2c(c1)ccc1c2c2cccc3c2n1CCC3. The molecule has 0 saturated carbocycles. The molecule has 1 heteroatoms. The van der Waals surface area contributed by atoms with Crippen LogP contribution in [-0.4, -0.2) is 4.57 Å². The van der Waals surface area contributed by atoms with E-state index in [1.165, 1.54) is 51.0 Å². The van der Waals surface area contributed by atoms with E-state index in [9.17, 15) is 0 Å². The third-order valence-electron chi connectivity index (χ3n) is 4.68. The van der Waals surface area contributed by atoms with Crippen LogP contribution in [0.1, 0.15) is 12.0 Å². The molecule has 0 atom stereocenters. The van der Waals surface area contributed by atoms with Gasteiger partial charge in [0.05, 0.1) is 5.52 Å². The van der Waals surface area contributed by atoms with E-state index in [0.717, 1.165) is 6.54 Å². The Kier molecular flexibility index (Phi) is 1.91. The Labute approximate surface area is 117 Å². The summed E-state index contributed by atoms with van der Waals surface area (Å²) in [5, 5.41) is 5.58. The van der Waals surface area contributed by atoms with Crippen LogP contribution in [0.15, 0.2) is 54.6 Å². The molecule has 1 aromatic heterocycles. The molecule has 5 rings (SSSR count). The number of aromatic nitrogens is 1. The molecular formula is C19H15N. The van der Waals surface area contributed by atoms with Crippen LogP contribution < -0.4 is 0 Å². The lowest BCUT2D eigenvalue weighted by Gasteiger charge is -2.15. The molecule has 2 heterocycles. The van der Waals surface area contributed by atoms with E-state index in [-0.39, 0.29) is 0 Å². The molecule has 1 aliphatic rings. The van der Waals surface area contributed by atoms with Crippen LogP contribution in [0.2, 0.25) is 0 Å². The zero-order valence-corrected chi connectivity index (χ0v) is 11.3. The first-order valence-corrected chi connectivity index (χ1v) is 7.35.